The number of H-pyrrole nitrogens is 1. The Morgan fingerprint density at radius 2 is 2.25 bits per heavy atom. The van der Waals surface area contributed by atoms with Gasteiger partial charge in [-0.05, 0) is 18.6 Å². The number of hydrogen-bond donors (Lipinski definition) is 1. The lowest BCUT2D eigenvalue weighted by molar-refractivity contribution is 1.33. The van der Waals surface area contributed by atoms with Crippen molar-refractivity contribution in [1.29, 1.82) is 0 Å². The number of rotatable bonds is 1. The average Bonchev–Trinajstić information content (AvgIpc) is 2.53. The van der Waals surface area contributed by atoms with Crippen molar-refractivity contribution in [2.75, 3.05) is 0 Å². The maximum atomic E-state index is 4.07. The molecule has 0 unspecified atom stereocenters. The standard InChI is InChI=1S/C10H10N2/c1-8-5-12-7-10(8)9-3-2-4-11-6-9/h2-7,12H,1H3. The largest absolute Gasteiger partial charge is 0.367 e. The van der Waals surface area contributed by atoms with Crippen LogP contribution >= 0.6 is 0 Å². The van der Waals surface area contributed by atoms with Crippen molar-refractivity contribution in [3.63, 3.8) is 0 Å². The van der Waals surface area contributed by atoms with Crippen LogP contribution in [0.2, 0.25) is 0 Å². The topological polar surface area (TPSA) is 28.7 Å². The Hall–Kier alpha value is -1.57. The van der Waals surface area contributed by atoms with Crippen LogP contribution in [0.4, 0.5) is 0 Å². The Bertz CT molecular complexity index is 362. The highest BCUT2D eigenvalue weighted by atomic mass is 14.6. The number of nitrogens with zero attached hydrogens (tertiary/aromatic N) is 1. The van der Waals surface area contributed by atoms with Crippen LogP contribution in [0.1, 0.15) is 5.56 Å². The molecule has 0 saturated carbocycles. The van der Waals surface area contributed by atoms with E-state index in [2.05, 4.69) is 23.0 Å². The summed E-state index contributed by atoms with van der Waals surface area (Å²) in [5.41, 5.74) is 3.64. The van der Waals surface area contributed by atoms with Gasteiger partial charge in [0.15, 0.2) is 0 Å². The third kappa shape index (κ3) is 1.11. The number of aryl methyl sites for hydroxylation is 1. The molecule has 0 aromatic carbocycles. The third-order valence-electron chi connectivity index (χ3n) is 1.92. The molecule has 60 valence electrons. The first-order valence-corrected chi connectivity index (χ1v) is 3.92. The SMILES string of the molecule is Cc1c[nH]cc1-c1cccnc1. The normalized spacial score (nSPS) is 10.1. The number of nitrogens with one attached hydrogen (secondary N) is 1. The smallest absolute Gasteiger partial charge is 0.0346 e. The highest BCUT2D eigenvalue weighted by molar-refractivity contribution is 5.65. The van der Waals surface area contributed by atoms with Crippen LogP contribution in [-0.2, 0) is 0 Å². The zero-order chi connectivity index (χ0) is 8.39. The predicted octanol–water partition coefficient (Wildman–Crippen LogP) is 2.39. The molecule has 0 aliphatic carbocycles. The number of hydrogen-bond acceptors (Lipinski definition) is 1. The van der Waals surface area contributed by atoms with Crippen molar-refractivity contribution in [1.82, 2.24) is 9.97 Å². The zero-order valence-electron chi connectivity index (χ0n) is 6.91. The second-order valence-corrected chi connectivity index (χ2v) is 2.79. The van der Waals surface area contributed by atoms with E-state index in [4.69, 9.17) is 0 Å². The molecule has 0 saturated heterocycles. The van der Waals surface area contributed by atoms with Gasteiger partial charge in [-0.25, -0.2) is 0 Å². The predicted molar refractivity (Wildman–Crippen MR) is 48.8 cm³/mol. The molecule has 0 radical (unpaired) electrons. The molecule has 0 aliphatic heterocycles. The molecule has 2 rings (SSSR count). The van der Waals surface area contributed by atoms with E-state index >= 15 is 0 Å². The van der Waals surface area contributed by atoms with Gasteiger partial charge in [-0.1, -0.05) is 6.07 Å². The van der Waals surface area contributed by atoms with E-state index in [1.807, 2.05) is 24.7 Å². The Kier molecular flexibility index (Phi) is 1.67. The first-order valence-electron chi connectivity index (χ1n) is 3.92. The fourth-order valence-electron chi connectivity index (χ4n) is 1.27. The van der Waals surface area contributed by atoms with Crippen molar-refractivity contribution in [3.05, 3.63) is 42.5 Å². The van der Waals surface area contributed by atoms with Gasteiger partial charge in [0.2, 0.25) is 0 Å². The van der Waals surface area contributed by atoms with Crippen LogP contribution in [0, 0.1) is 6.92 Å². The minimum atomic E-state index is 1.16. The van der Waals surface area contributed by atoms with Gasteiger partial charge in [-0.15, -0.1) is 0 Å². The van der Waals surface area contributed by atoms with Gasteiger partial charge < -0.3 is 4.98 Å². The Morgan fingerprint density at radius 3 is 2.83 bits per heavy atom. The monoisotopic (exact) mass is 158 g/mol. The summed E-state index contributed by atoms with van der Waals surface area (Å²) < 4.78 is 0. The number of aromatic nitrogens is 2. The van der Waals surface area contributed by atoms with E-state index in [0.717, 1.165) is 5.56 Å². The van der Waals surface area contributed by atoms with Gasteiger partial charge in [0, 0.05) is 35.9 Å². The minimum absolute atomic E-state index is 1.16. The summed E-state index contributed by atoms with van der Waals surface area (Å²) >= 11 is 0. The molecule has 0 aliphatic rings. The minimum Gasteiger partial charge on any atom is -0.367 e. The zero-order valence-corrected chi connectivity index (χ0v) is 6.91. The van der Waals surface area contributed by atoms with Crippen molar-refractivity contribution in [3.8, 4) is 11.1 Å². The molecular formula is C10H10N2. The summed E-state index contributed by atoms with van der Waals surface area (Å²) in [5, 5.41) is 0. The summed E-state index contributed by atoms with van der Waals surface area (Å²) in [6.07, 6.45) is 7.64. The molecule has 2 nitrogen and oxygen atoms in total. The van der Waals surface area contributed by atoms with Gasteiger partial charge in [0.25, 0.3) is 0 Å². The maximum absolute atomic E-state index is 4.07. The van der Waals surface area contributed by atoms with E-state index in [1.165, 1.54) is 11.1 Å². The van der Waals surface area contributed by atoms with Crippen LogP contribution in [0.15, 0.2) is 36.9 Å². The van der Waals surface area contributed by atoms with Crippen LogP contribution < -0.4 is 0 Å². The molecule has 2 aromatic heterocycles. The van der Waals surface area contributed by atoms with Gasteiger partial charge in [0.05, 0.1) is 0 Å². The maximum Gasteiger partial charge on any atom is 0.0346 e. The Balaban J connectivity index is 2.51. The Labute approximate surface area is 71.3 Å². The summed E-state index contributed by atoms with van der Waals surface area (Å²) in [6, 6.07) is 4.00. The lowest BCUT2D eigenvalue weighted by Crippen LogP contribution is -1.77. The fourth-order valence-corrected chi connectivity index (χ4v) is 1.27. The molecule has 0 amide bonds. The quantitative estimate of drug-likeness (QED) is 0.678. The summed E-state index contributed by atoms with van der Waals surface area (Å²) in [7, 11) is 0. The lowest BCUT2D eigenvalue weighted by atomic mass is 10.1. The molecule has 0 spiro atoms. The van der Waals surface area contributed by atoms with E-state index in [0.29, 0.717) is 0 Å². The molecule has 0 atom stereocenters. The van der Waals surface area contributed by atoms with E-state index in [-0.39, 0.29) is 0 Å². The summed E-state index contributed by atoms with van der Waals surface area (Å²) in [6.45, 7) is 2.08. The number of aromatic amines is 1. The first kappa shape index (κ1) is 7.10. The van der Waals surface area contributed by atoms with Gasteiger partial charge in [-0.3, -0.25) is 4.98 Å². The van der Waals surface area contributed by atoms with Crippen LogP contribution in [0.25, 0.3) is 11.1 Å². The third-order valence-corrected chi connectivity index (χ3v) is 1.92. The summed E-state index contributed by atoms with van der Waals surface area (Å²) in [5.74, 6) is 0. The van der Waals surface area contributed by atoms with Crippen LogP contribution in [-0.4, -0.2) is 9.97 Å². The van der Waals surface area contributed by atoms with Gasteiger partial charge in [-0.2, -0.15) is 0 Å². The second kappa shape index (κ2) is 2.81. The molecule has 2 aromatic rings. The lowest BCUT2D eigenvalue weighted by Gasteiger charge is -1.96. The molecule has 2 heterocycles. The first-order chi connectivity index (χ1) is 5.88. The molecule has 0 fully saturated rings. The van der Waals surface area contributed by atoms with Crippen molar-refractivity contribution in [2.24, 2.45) is 0 Å². The molecular weight excluding hydrogens is 148 g/mol. The van der Waals surface area contributed by atoms with Gasteiger partial charge in [0.1, 0.15) is 0 Å². The fraction of sp³-hybridized carbons (Fsp3) is 0.100. The molecule has 12 heavy (non-hydrogen) atoms. The van der Waals surface area contributed by atoms with E-state index in [9.17, 15) is 0 Å². The van der Waals surface area contributed by atoms with Gasteiger partial charge >= 0.3 is 0 Å². The van der Waals surface area contributed by atoms with E-state index in [1.54, 1.807) is 6.20 Å². The second-order valence-electron chi connectivity index (χ2n) is 2.79. The van der Waals surface area contributed by atoms with Crippen molar-refractivity contribution < 1.29 is 0 Å². The average molecular weight is 158 g/mol. The highest BCUT2D eigenvalue weighted by Gasteiger charge is 2.00. The number of pyridine rings is 1. The molecule has 1 N–H and O–H groups in total. The van der Waals surface area contributed by atoms with Crippen LogP contribution in [0.3, 0.4) is 0 Å². The highest BCUT2D eigenvalue weighted by Crippen LogP contribution is 2.20. The van der Waals surface area contributed by atoms with E-state index < -0.39 is 0 Å². The molecule has 0 bridgehead atoms. The van der Waals surface area contributed by atoms with Crippen LogP contribution in [0.5, 0.6) is 0 Å². The molecule has 2 heteroatoms. The van der Waals surface area contributed by atoms with Crippen molar-refractivity contribution >= 4 is 0 Å². The summed E-state index contributed by atoms with van der Waals surface area (Å²) in [4.78, 5) is 7.14. The van der Waals surface area contributed by atoms with Crippen molar-refractivity contribution in [2.45, 2.75) is 6.92 Å². The Morgan fingerprint density at radius 1 is 1.33 bits per heavy atom.